The average molecular weight is 348 g/mol. The van der Waals surface area contributed by atoms with Gasteiger partial charge in [-0.25, -0.2) is 4.79 Å². The van der Waals surface area contributed by atoms with Crippen LogP contribution in [-0.2, 0) is 16.6 Å². The van der Waals surface area contributed by atoms with E-state index >= 15 is 0 Å². The van der Waals surface area contributed by atoms with Gasteiger partial charge >= 0.3 is 5.97 Å². The van der Waals surface area contributed by atoms with Crippen molar-refractivity contribution in [3.63, 3.8) is 0 Å². The summed E-state index contributed by atoms with van der Waals surface area (Å²) >= 11 is 1.31. The smallest absolute Gasteiger partial charge is 0.337 e. The molecule has 0 bridgehead atoms. The van der Waals surface area contributed by atoms with E-state index < -0.39 is 5.97 Å². The van der Waals surface area contributed by atoms with E-state index in [2.05, 4.69) is 20.3 Å². The molecule has 0 atom stereocenters. The van der Waals surface area contributed by atoms with Gasteiger partial charge in [0, 0.05) is 18.7 Å². The molecule has 0 saturated carbocycles. The predicted molar refractivity (Wildman–Crippen MR) is 92.2 cm³/mol. The Balaban J connectivity index is 1.95. The quantitative estimate of drug-likeness (QED) is 0.637. The number of carbonyl (C=O) groups is 2. The lowest BCUT2D eigenvalue weighted by Crippen LogP contribution is -2.15. The number of carbonyl (C=O) groups excluding carboxylic acids is 2. The third kappa shape index (κ3) is 4.35. The van der Waals surface area contributed by atoms with Crippen molar-refractivity contribution in [1.82, 2.24) is 14.8 Å². The van der Waals surface area contributed by atoms with Gasteiger partial charge in [-0.15, -0.1) is 10.2 Å². The lowest BCUT2D eigenvalue weighted by molar-refractivity contribution is -0.113. The second-order valence-corrected chi connectivity index (χ2v) is 6.41. The third-order valence-electron chi connectivity index (χ3n) is 3.28. The van der Waals surface area contributed by atoms with Crippen LogP contribution in [0.4, 0.5) is 5.69 Å². The Kier molecular flexibility index (Phi) is 5.97. The first-order chi connectivity index (χ1) is 11.4. The van der Waals surface area contributed by atoms with E-state index in [4.69, 9.17) is 0 Å². The minimum Gasteiger partial charge on any atom is -0.465 e. The fraction of sp³-hybridized carbons (Fsp3) is 0.375. The first-order valence-electron chi connectivity index (χ1n) is 7.42. The maximum atomic E-state index is 12.1. The molecular formula is C16H20N4O3S. The molecule has 0 aliphatic rings. The number of esters is 1. The molecule has 0 aliphatic heterocycles. The van der Waals surface area contributed by atoms with E-state index in [-0.39, 0.29) is 17.6 Å². The van der Waals surface area contributed by atoms with Gasteiger partial charge in [0.25, 0.3) is 0 Å². The predicted octanol–water partition coefficient (Wildman–Crippen LogP) is 2.46. The fourth-order valence-corrected chi connectivity index (χ4v) is 2.84. The number of nitrogens with one attached hydrogen (secondary N) is 1. The standard InChI is InChI=1S/C16H20N4O3S/c1-10(2)14-18-19-16(20(14)3)24-9-13(21)17-12-7-5-6-11(8-12)15(22)23-4/h5-8,10H,9H2,1-4H3,(H,17,21). The monoisotopic (exact) mass is 348 g/mol. The highest BCUT2D eigenvalue weighted by atomic mass is 32.2. The minimum absolute atomic E-state index is 0.184. The highest BCUT2D eigenvalue weighted by Gasteiger charge is 2.14. The van der Waals surface area contributed by atoms with Crippen LogP contribution in [0.15, 0.2) is 29.4 Å². The second-order valence-electron chi connectivity index (χ2n) is 5.46. The molecule has 1 heterocycles. The van der Waals surface area contributed by atoms with Crippen molar-refractivity contribution in [3.05, 3.63) is 35.7 Å². The fourth-order valence-electron chi connectivity index (χ4n) is 2.12. The topological polar surface area (TPSA) is 86.1 Å². The lowest BCUT2D eigenvalue weighted by atomic mass is 10.2. The van der Waals surface area contributed by atoms with Crippen molar-refractivity contribution in [3.8, 4) is 0 Å². The zero-order valence-electron chi connectivity index (χ0n) is 14.1. The SMILES string of the molecule is COC(=O)c1cccc(NC(=O)CSc2nnc(C(C)C)n2C)c1. The number of hydrogen-bond acceptors (Lipinski definition) is 6. The van der Waals surface area contributed by atoms with Gasteiger partial charge < -0.3 is 14.6 Å². The van der Waals surface area contributed by atoms with Crippen molar-refractivity contribution in [2.45, 2.75) is 24.9 Å². The number of nitrogens with zero attached hydrogens (tertiary/aromatic N) is 3. The van der Waals surface area contributed by atoms with Crippen molar-refractivity contribution >= 4 is 29.3 Å². The molecule has 0 aliphatic carbocycles. The van der Waals surface area contributed by atoms with Crippen molar-refractivity contribution in [2.75, 3.05) is 18.2 Å². The minimum atomic E-state index is -0.444. The molecule has 0 fully saturated rings. The van der Waals surface area contributed by atoms with Gasteiger partial charge in [0.2, 0.25) is 5.91 Å². The number of benzene rings is 1. The summed E-state index contributed by atoms with van der Waals surface area (Å²) in [6, 6.07) is 6.61. The molecule has 1 amide bonds. The molecule has 24 heavy (non-hydrogen) atoms. The van der Waals surface area contributed by atoms with Gasteiger partial charge in [-0.2, -0.15) is 0 Å². The number of amides is 1. The lowest BCUT2D eigenvalue weighted by Gasteiger charge is -2.07. The molecule has 0 radical (unpaired) electrons. The largest absolute Gasteiger partial charge is 0.465 e. The van der Waals surface area contributed by atoms with Gasteiger partial charge in [-0.05, 0) is 18.2 Å². The third-order valence-corrected chi connectivity index (χ3v) is 4.31. The van der Waals surface area contributed by atoms with Gasteiger partial charge in [-0.3, -0.25) is 4.79 Å². The summed E-state index contributed by atoms with van der Waals surface area (Å²) in [4.78, 5) is 23.6. The van der Waals surface area contributed by atoms with Crippen LogP contribution in [0.5, 0.6) is 0 Å². The maximum Gasteiger partial charge on any atom is 0.337 e. The van der Waals surface area contributed by atoms with E-state index in [0.717, 1.165) is 5.82 Å². The van der Waals surface area contributed by atoms with Crippen LogP contribution in [0.2, 0.25) is 0 Å². The summed E-state index contributed by atoms with van der Waals surface area (Å²) < 4.78 is 6.55. The Morgan fingerprint density at radius 2 is 2.08 bits per heavy atom. The molecule has 2 rings (SSSR count). The van der Waals surface area contributed by atoms with Crippen LogP contribution in [0.3, 0.4) is 0 Å². The van der Waals surface area contributed by atoms with E-state index in [1.54, 1.807) is 24.3 Å². The molecular weight excluding hydrogens is 328 g/mol. The number of hydrogen-bond donors (Lipinski definition) is 1. The number of anilines is 1. The normalized spacial score (nSPS) is 10.7. The Morgan fingerprint density at radius 3 is 2.71 bits per heavy atom. The first kappa shape index (κ1) is 18.0. The number of rotatable bonds is 6. The van der Waals surface area contributed by atoms with Crippen LogP contribution in [-0.4, -0.2) is 39.5 Å². The molecule has 2 aromatic rings. The highest BCUT2D eigenvalue weighted by molar-refractivity contribution is 7.99. The van der Waals surface area contributed by atoms with Crippen molar-refractivity contribution in [2.24, 2.45) is 7.05 Å². The van der Waals surface area contributed by atoms with Gasteiger partial charge in [0.15, 0.2) is 5.16 Å². The summed E-state index contributed by atoms with van der Waals surface area (Å²) in [5.41, 5.74) is 0.933. The summed E-state index contributed by atoms with van der Waals surface area (Å²) in [5, 5.41) is 11.7. The molecule has 8 heteroatoms. The molecule has 1 N–H and O–H groups in total. The number of aromatic nitrogens is 3. The average Bonchev–Trinajstić information content (AvgIpc) is 2.93. The van der Waals surface area contributed by atoms with Crippen LogP contribution >= 0.6 is 11.8 Å². The Morgan fingerprint density at radius 1 is 1.33 bits per heavy atom. The molecule has 128 valence electrons. The summed E-state index contributed by atoms with van der Waals surface area (Å²) in [5.74, 6) is 0.722. The zero-order valence-corrected chi connectivity index (χ0v) is 14.9. The Labute approximate surface area is 144 Å². The van der Waals surface area contributed by atoms with Crippen LogP contribution in [0.25, 0.3) is 0 Å². The number of ether oxygens (including phenoxy) is 1. The molecule has 1 aromatic heterocycles. The van der Waals surface area contributed by atoms with Crippen LogP contribution in [0.1, 0.15) is 35.9 Å². The molecule has 1 aromatic carbocycles. The van der Waals surface area contributed by atoms with Gasteiger partial charge in [-0.1, -0.05) is 31.7 Å². The first-order valence-corrected chi connectivity index (χ1v) is 8.41. The van der Waals surface area contributed by atoms with Crippen molar-refractivity contribution < 1.29 is 14.3 Å². The van der Waals surface area contributed by atoms with Gasteiger partial charge in [0.1, 0.15) is 5.82 Å². The van der Waals surface area contributed by atoms with E-state index in [9.17, 15) is 9.59 Å². The number of methoxy groups -OCH3 is 1. The Bertz CT molecular complexity index is 743. The molecule has 0 saturated heterocycles. The molecule has 0 unspecified atom stereocenters. The van der Waals surface area contributed by atoms with Crippen LogP contribution in [0, 0.1) is 0 Å². The van der Waals surface area contributed by atoms with Crippen LogP contribution < -0.4 is 5.32 Å². The number of thioether (sulfide) groups is 1. The maximum absolute atomic E-state index is 12.1. The Hall–Kier alpha value is -2.35. The van der Waals surface area contributed by atoms with E-state index in [0.29, 0.717) is 16.4 Å². The summed E-state index contributed by atoms with van der Waals surface area (Å²) in [6.45, 7) is 4.08. The second kappa shape index (κ2) is 7.96. The van der Waals surface area contributed by atoms with Crippen molar-refractivity contribution in [1.29, 1.82) is 0 Å². The zero-order chi connectivity index (χ0) is 17.7. The van der Waals surface area contributed by atoms with Gasteiger partial charge in [0.05, 0.1) is 18.4 Å². The molecule has 0 spiro atoms. The van der Waals surface area contributed by atoms with E-state index in [1.165, 1.54) is 18.9 Å². The summed E-state index contributed by atoms with van der Waals surface area (Å²) in [7, 11) is 3.20. The summed E-state index contributed by atoms with van der Waals surface area (Å²) in [6.07, 6.45) is 0. The van der Waals surface area contributed by atoms with E-state index in [1.807, 2.05) is 25.5 Å². The highest BCUT2D eigenvalue weighted by Crippen LogP contribution is 2.20. The molecule has 7 nitrogen and oxygen atoms in total.